The summed E-state index contributed by atoms with van der Waals surface area (Å²) >= 11 is 1.47. The highest BCUT2D eigenvalue weighted by molar-refractivity contribution is 8.02. The van der Waals surface area contributed by atoms with Crippen molar-refractivity contribution in [3.63, 3.8) is 0 Å². The van der Waals surface area contributed by atoms with Crippen LogP contribution in [0.3, 0.4) is 0 Å². The molecule has 0 unspecified atom stereocenters. The van der Waals surface area contributed by atoms with Gasteiger partial charge in [-0.15, -0.1) is 11.4 Å². The monoisotopic (exact) mass is 381 g/mol. The Balaban J connectivity index is 1.54. The fraction of sp³-hybridized carbons (Fsp3) is 0.100. The summed E-state index contributed by atoms with van der Waals surface area (Å²) in [7, 11) is 3.23. The van der Waals surface area contributed by atoms with Gasteiger partial charge in [-0.05, 0) is 48.5 Å². The number of ether oxygens (including phenoxy) is 2. The van der Waals surface area contributed by atoms with E-state index in [9.17, 15) is 4.79 Å². The lowest BCUT2D eigenvalue weighted by molar-refractivity contribution is 0.415. The zero-order chi connectivity index (χ0) is 18.8. The summed E-state index contributed by atoms with van der Waals surface area (Å²) in [6, 6.07) is 14.7. The average molecular weight is 381 g/mol. The summed E-state index contributed by atoms with van der Waals surface area (Å²) in [5.41, 5.74) is 2.20. The Morgan fingerprint density at radius 2 is 1.74 bits per heavy atom. The first-order valence-corrected chi connectivity index (χ1v) is 9.08. The van der Waals surface area contributed by atoms with E-state index in [1.165, 1.54) is 11.4 Å². The van der Waals surface area contributed by atoms with E-state index < -0.39 is 5.63 Å². The maximum absolute atomic E-state index is 12.4. The van der Waals surface area contributed by atoms with Gasteiger partial charge in [-0.25, -0.2) is 4.79 Å². The molecule has 0 spiro atoms. The lowest BCUT2D eigenvalue weighted by atomic mass is 10.1. The van der Waals surface area contributed by atoms with Gasteiger partial charge in [0.05, 0.1) is 25.5 Å². The molecule has 0 saturated carbocycles. The van der Waals surface area contributed by atoms with Gasteiger partial charge < -0.3 is 24.5 Å². The summed E-state index contributed by atoms with van der Waals surface area (Å²) in [5.74, 6) is 1.50. The molecule has 0 bridgehead atoms. The fourth-order valence-corrected chi connectivity index (χ4v) is 3.48. The predicted molar refractivity (Wildman–Crippen MR) is 109 cm³/mol. The SMILES string of the molecule is COc1ccc(NC2=[S]C=C(c3cc4cc(OC)ccc4oc3=O)N2)cc1. The number of benzene rings is 2. The summed E-state index contributed by atoms with van der Waals surface area (Å²) in [4.78, 5) is 12.4. The van der Waals surface area contributed by atoms with Crippen molar-refractivity contribution in [2.24, 2.45) is 0 Å². The minimum atomic E-state index is -0.391. The van der Waals surface area contributed by atoms with Crippen molar-refractivity contribution in [1.82, 2.24) is 5.32 Å². The second kappa shape index (κ2) is 7.13. The summed E-state index contributed by atoms with van der Waals surface area (Å²) in [5, 5.41) is 9.98. The third-order valence-corrected chi connectivity index (χ3v) is 4.91. The molecule has 0 amide bonds. The largest absolute Gasteiger partial charge is 0.497 e. The number of fused-ring (bicyclic) bond motifs is 1. The molecular formula is C20H17N2O4S. The van der Waals surface area contributed by atoms with Crippen molar-refractivity contribution in [3.8, 4) is 11.5 Å². The zero-order valence-electron chi connectivity index (χ0n) is 14.7. The van der Waals surface area contributed by atoms with Gasteiger partial charge in [0.25, 0.3) is 0 Å². The van der Waals surface area contributed by atoms with Gasteiger partial charge in [0.2, 0.25) is 0 Å². The van der Waals surface area contributed by atoms with Crippen LogP contribution in [0.25, 0.3) is 16.7 Å². The van der Waals surface area contributed by atoms with Crippen LogP contribution in [0.2, 0.25) is 0 Å². The van der Waals surface area contributed by atoms with Crippen LogP contribution < -0.4 is 25.7 Å². The minimum Gasteiger partial charge on any atom is -0.497 e. The molecule has 1 aliphatic heterocycles. The van der Waals surface area contributed by atoms with E-state index >= 15 is 0 Å². The topological polar surface area (TPSA) is 72.7 Å². The molecular weight excluding hydrogens is 364 g/mol. The molecule has 2 aromatic carbocycles. The smallest absolute Gasteiger partial charge is 0.345 e. The first-order valence-electron chi connectivity index (χ1n) is 8.20. The normalized spacial score (nSPS) is 13.0. The minimum absolute atomic E-state index is 0.391. The second-order valence-corrected chi connectivity index (χ2v) is 6.69. The molecule has 0 fully saturated rings. The van der Waals surface area contributed by atoms with Crippen LogP contribution in [0.15, 0.2) is 63.2 Å². The zero-order valence-corrected chi connectivity index (χ0v) is 15.6. The molecule has 0 saturated heterocycles. The number of hydrogen-bond acceptors (Lipinski definition) is 6. The number of rotatable bonds is 4. The Hall–Kier alpha value is -3.32. The Morgan fingerprint density at radius 3 is 2.48 bits per heavy atom. The summed E-state index contributed by atoms with van der Waals surface area (Å²) in [6.07, 6.45) is 0. The number of anilines is 1. The van der Waals surface area contributed by atoms with Crippen molar-refractivity contribution in [1.29, 1.82) is 0 Å². The van der Waals surface area contributed by atoms with Crippen molar-refractivity contribution in [3.05, 3.63) is 69.9 Å². The average Bonchev–Trinajstić information content (AvgIpc) is 3.16. The molecule has 0 atom stereocenters. The van der Waals surface area contributed by atoms with E-state index in [1.807, 2.05) is 35.7 Å². The van der Waals surface area contributed by atoms with E-state index in [4.69, 9.17) is 13.9 Å². The molecule has 4 rings (SSSR count). The van der Waals surface area contributed by atoms with Crippen LogP contribution in [-0.2, 0) is 0 Å². The number of methoxy groups -OCH3 is 2. The lowest BCUT2D eigenvalue weighted by Gasteiger charge is -2.11. The van der Waals surface area contributed by atoms with Crippen LogP contribution in [0.4, 0.5) is 5.69 Å². The fourth-order valence-electron chi connectivity index (χ4n) is 2.71. The molecule has 1 aliphatic rings. The maximum atomic E-state index is 12.4. The molecule has 1 radical (unpaired) electrons. The van der Waals surface area contributed by atoms with Crippen molar-refractivity contribution in [2.45, 2.75) is 0 Å². The molecule has 7 heteroatoms. The van der Waals surface area contributed by atoms with Gasteiger partial charge >= 0.3 is 5.63 Å². The van der Waals surface area contributed by atoms with Gasteiger partial charge in [-0.1, -0.05) is 0 Å². The molecule has 6 nitrogen and oxygen atoms in total. The first-order chi connectivity index (χ1) is 13.2. The van der Waals surface area contributed by atoms with Crippen molar-refractivity contribution < 1.29 is 13.9 Å². The Labute approximate surface area is 159 Å². The highest BCUT2D eigenvalue weighted by Gasteiger charge is 2.16. The molecule has 2 N–H and O–H groups in total. The quantitative estimate of drug-likeness (QED) is 0.531. The number of hydrogen-bond donors (Lipinski definition) is 2. The van der Waals surface area contributed by atoms with Crippen LogP contribution in [-0.4, -0.2) is 19.3 Å². The Morgan fingerprint density at radius 1 is 1.00 bits per heavy atom. The molecule has 3 aromatic rings. The lowest BCUT2D eigenvalue weighted by Crippen LogP contribution is -2.26. The van der Waals surface area contributed by atoms with Gasteiger partial charge in [0, 0.05) is 16.5 Å². The van der Waals surface area contributed by atoms with Crippen molar-refractivity contribution >= 4 is 38.8 Å². The molecule has 0 aliphatic carbocycles. The molecule has 137 valence electrons. The van der Waals surface area contributed by atoms with Gasteiger partial charge in [0.15, 0.2) is 5.11 Å². The van der Waals surface area contributed by atoms with Crippen LogP contribution in [0, 0.1) is 0 Å². The standard InChI is InChI=1S/C20H17N2O4S/c1-24-14-5-3-13(4-6-14)21-20-22-17(11-27-20)16-10-12-9-15(25-2)7-8-18(12)26-19(16)23/h3-11,21-22H,1-2H3. The van der Waals surface area contributed by atoms with E-state index in [1.54, 1.807) is 32.4 Å². The van der Waals surface area contributed by atoms with E-state index in [-0.39, 0.29) is 0 Å². The van der Waals surface area contributed by atoms with E-state index in [2.05, 4.69) is 10.6 Å². The van der Waals surface area contributed by atoms with Gasteiger partial charge in [0.1, 0.15) is 17.1 Å². The van der Waals surface area contributed by atoms with Crippen molar-refractivity contribution in [2.75, 3.05) is 19.5 Å². The Bertz CT molecular complexity index is 1120. The maximum Gasteiger partial charge on any atom is 0.345 e. The van der Waals surface area contributed by atoms with Gasteiger partial charge in [-0.3, -0.25) is 0 Å². The van der Waals surface area contributed by atoms with E-state index in [0.29, 0.717) is 22.6 Å². The van der Waals surface area contributed by atoms with Crippen LogP contribution >= 0.6 is 11.4 Å². The highest BCUT2D eigenvalue weighted by Crippen LogP contribution is 2.24. The Kier molecular flexibility index (Phi) is 4.52. The third-order valence-electron chi connectivity index (χ3n) is 4.12. The van der Waals surface area contributed by atoms with Crippen LogP contribution in [0.1, 0.15) is 5.56 Å². The number of nitrogens with one attached hydrogen (secondary N) is 2. The van der Waals surface area contributed by atoms with E-state index in [0.717, 1.165) is 21.9 Å². The molecule has 1 aromatic heterocycles. The second-order valence-electron chi connectivity index (χ2n) is 5.81. The predicted octanol–water partition coefficient (Wildman–Crippen LogP) is 3.64. The van der Waals surface area contributed by atoms with Crippen LogP contribution in [0.5, 0.6) is 11.5 Å². The highest BCUT2D eigenvalue weighted by atomic mass is 32.1. The molecule has 27 heavy (non-hydrogen) atoms. The molecule has 2 heterocycles. The first kappa shape index (κ1) is 17.1. The third kappa shape index (κ3) is 3.50. The summed E-state index contributed by atoms with van der Waals surface area (Å²) < 4.78 is 15.8. The van der Waals surface area contributed by atoms with Gasteiger partial charge in [-0.2, -0.15) is 0 Å². The summed E-state index contributed by atoms with van der Waals surface area (Å²) in [6.45, 7) is 0.